The van der Waals surface area contributed by atoms with Crippen molar-refractivity contribution in [3.63, 3.8) is 0 Å². The van der Waals surface area contributed by atoms with E-state index >= 15 is 0 Å². The average molecular weight is 314 g/mol. The predicted octanol–water partition coefficient (Wildman–Crippen LogP) is 2.73. The summed E-state index contributed by atoms with van der Waals surface area (Å²) in [4.78, 5) is 14.8. The van der Waals surface area contributed by atoms with E-state index in [1.54, 1.807) is 6.07 Å². The Morgan fingerprint density at radius 2 is 2.09 bits per heavy atom. The number of furan rings is 1. The number of hydrogen-bond donors (Lipinski definition) is 1. The Kier molecular flexibility index (Phi) is 4.24. The second kappa shape index (κ2) is 6.18. The molecule has 0 radical (unpaired) electrons. The molecule has 1 fully saturated rings. The van der Waals surface area contributed by atoms with E-state index in [1.165, 1.54) is 6.26 Å². The van der Waals surface area contributed by atoms with Crippen molar-refractivity contribution in [2.45, 2.75) is 32.0 Å². The molecule has 1 unspecified atom stereocenters. The van der Waals surface area contributed by atoms with Crippen LogP contribution in [0.4, 0.5) is 0 Å². The van der Waals surface area contributed by atoms with Crippen molar-refractivity contribution in [2.75, 3.05) is 13.2 Å². The van der Waals surface area contributed by atoms with Crippen LogP contribution in [0.15, 0.2) is 47.1 Å². The van der Waals surface area contributed by atoms with Crippen molar-refractivity contribution in [2.24, 2.45) is 5.73 Å². The van der Waals surface area contributed by atoms with Gasteiger partial charge in [0.2, 0.25) is 0 Å². The number of hydrogen-bond acceptors (Lipinski definition) is 4. The number of carbonyl (C=O) groups excluding carboxylic acids is 1. The van der Waals surface area contributed by atoms with Crippen LogP contribution >= 0.6 is 0 Å². The number of rotatable bonds is 3. The normalized spacial score (nSPS) is 20.5. The fourth-order valence-electron chi connectivity index (χ4n) is 2.83. The van der Waals surface area contributed by atoms with Gasteiger partial charge in [-0.25, -0.2) is 0 Å². The number of nitrogens with zero attached hydrogens (tertiary/aromatic N) is 1. The molecule has 0 spiro atoms. The molecule has 0 saturated carbocycles. The number of carbonyl (C=O) groups is 1. The highest BCUT2D eigenvalue weighted by Gasteiger charge is 2.39. The lowest BCUT2D eigenvalue weighted by atomic mass is 9.97. The summed E-state index contributed by atoms with van der Waals surface area (Å²) < 4.78 is 11.3. The average Bonchev–Trinajstić information content (AvgIpc) is 3.04. The number of ether oxygens (including phenoxy) is 1. The Labute approximate surface area is 136 Å². The summed E-state index contributed by atoms with van der Waals surface area (Å²) in [7, 11) is 0. The number of benzene rings is 1. The monoisotopic (exact) mass is 314 g/mol. The van der Waals surface area contributed by atoms with Crippen LogP contribution in [0.3, 0.4) is 0 Å². The number of amides is 1. The molecule has 122 valence electrons. The molecule has 2 N–H and O–H groups in total. The standard InChI is InChI=1S/C18H22N2O3/c1-18(2)12-23-16(13-6-4-3-5-7-13)10-20(18)17(21)14-8-15(9-19)22-11-14/h3-8,11,16H,9-10,12,19H2,1-2H3. The minimum absolute atomic E-state index is 0.0531. The zero-order valence-corrected chi connectivity index (χ0v) is 13.5. The maximum absolute atomic E-state index is 12.9. The lowest BCUT2D eigenvalue weighted by molar-refractivity contribution is -0.0846. The van der Waals surface area contributed by atoms with Gasteiger partial charge in [0.05, 0.1) is 30.8 Å². The first-order chi connectivity index (χ1) is 11.0. The van der Waals surface area contributed by atoms with Gasteiger partial charge in [-0.05, 0) is 25.5 Å². The van der Waals surface area contributed by atoms with Gasteiger partial charge >= 0.3 is 0 Å². The van der Waals surface area contributed by atoms with Crippen LogP contribution in [-0.2, 0) is 11.3 Å². The Morgan fingerprint density at radius 3 is 2.74 bits per heavy atom. The van der Waals surface area contributed by atoms with Gasteiger partial charge in [0, 0.05) is 0 Å². The molecule has 1 aromatic heterocycles. The third kappa shape index (κ3) is 3.16. The van der Waals surface area contributed by atoms with Gasteiger partial charge in [-0.3, -0.25) is 4.79 Å². The maximum Gasteiger partial charge on any atom is 0.257 e. The predicted molar refractivity (Wildman–Crippen MR) is 86.8 cm³/mol. The first-order valence-electron chi connectivity index (χ1n) is 7.77. The third-order valence-corrected chi connectivity index (χ3v) is 4.24. The van der Waals surface area contributed by atoms with E-state index in [0.29, 0.717) is 24.5 Å². The van der Waals surface area contributed by atoms with Gasteiger partial charge in [-0.1, -0.05) is 30.3 Å². The van der Waals surface area contributed by atoms with Crippen LogP contribution in [0.5, 0.6) is 0 Å². The molecule has 1 atom stereocenters. The lowest BCUT2D eigenvalue weighted by Gasteiger charge is -2.45. The minimum atomic E-state index is -0.373. The SMILES string of the molecule is CC1(C)COC(c2ccccc2)CN1C(=O)c1coc(CN)c1. The van der Waals surface area contributed by atoms with Gasteiger partial charge in [-0.2, -0.15) is 0 Å². The molecule has 1 amide bonds. The highest BCUT2D eigenvalue weighted by atomic mass is 16.5. The van der Waals surface area contributed by atoms with Gasteiger partial charge in [-0.15, -0.1) is 0 Å². The fourth-order valence-corrected chi connectivity index (χ4v) is 2.83. The van der Waals surface area contributed by atoms with Crippen molar-refractivity contribution in [3.05, 3.63) is 59.5 Å². The molecule has 1 aliphatic rings. The summed E-state index contributed by atoms with van der Waals surface area (Å²) in [6, 6.07) is 11.7. The van der Waals surface area contributed by atoms with Crippen molar-refractivity contribution in [3.8, 4) is 0 Å². The molecule has 2 heterocycles. The zero-order valence-electron chi connectivity index (χ0n) is 13.5. The summed E-state index contributed by atoms with van der Waals surface area (Å²) in [6.45, 7) is 5.30. The first kappa shape index (κ1) is 15.8. The molecular formula is C18H22N2O3. The van der Waals surface area contributed by atoms with E-state index in [4.69, 9.17) is 14.9 Å². The highest BCUT2D eigenvalue weighted by Crippen LogP contribution is 2.31. The molecule has 1 saturated heterocycles. The summed E-state index contributed by atoms with van der Waals surface area (Å²) in [5.74, 6) is 0.557. The second-order valence-electron chi connectivity index (χ2n) is 6.44. The van der Waals surface area contributed by atoms with Crippen molar-refractivity contribution < 1.29 is 13.9 Å². The zero-order chi connectivity index (χ0) is 16.4. The molecule has 0 aliphatic carbocycles. The molecule has 2 aromatic rings. The molecule has 3 rings (SSSR count). The van der Waals surface area contributed by atoms with E-state index < -0.39 is 0 Å². The summed E-state index contributed by atoms with van der Waals surface area (Å²) in [5.41, 5.74) is 6.80. The topological polar surface area (TPSA) is 68.7 Å². The van der Waals surface area contributed by atoms with Crippen LogP contribution in [0.1, 0.15) is 41.6 Å². The van der Waals surface area contributed by atoms with Crippen LogP contribution in [0, 0.1) is 0 Å². The smallest absolute Gasteiger partial charge is 0.257 e. The maximum atomic E-state index is 12.9. The lowest BCUT2D eigenvalue weighted by Crippen LogP contribution is -2.56. The van der Waals surface area contributed by atoms with Gasteiger partial charge < -0.3 is 19.8 Å². The molecule has 0 bridgehead atoms. The van der Waals surface area contributed by atoms with E-state index in [-0.39, 0.29) is 24.1 Å². The van der Waals surface area contributed by atoms with Gasteiger partial charge in [0.1, 0.15) is 18.1 Å². The minimum Gasteiger partial charge on any atom is -0.467 e. The summed E-state index contributed by atoms with van der Waals surface area (Å²) in [6.07, 6.45) is 1.36. The Bertz CT molecular complexity index is 679. The van der Waals surface area contributed by atoms with E-state index in [1.807, 2.05) is 49.1 Å². The molecule has 5 heteroatoms. The van der Waals surface area contributed by atoms with Crippen molar-refractivity contribution in [1.29, 1.82) is 0 Å². The van der Waals surface area contributed by atoms with Crippen LogP contribution in [-0.4, -0.2) is 29.5 Å². The molecule has 23 heavy (non-hydrogen) atoms. The fraction of sp³-hybridized carbons (Fsp3) is 0.389. The van der Waals surface area contributed by atoms with Crippen molar-refractivity contribution >= 4 is 5.91 Å². The summed E-state index contributed by atoms with van der Waals surface area (Å²) in [5, 5.41) is 0. The second-order valence-corrected chi connectivity index (χ2v) is 6.44. The van der Waals surface area contributed by atoms with Gasteiger partial charge in [0.15, 0.2) is 0 Å². The van der Waals surface area contributed by atoms with Crippen LogP contribution in [0.25, 0.3) is 0 Å². The van der Waals surface area contributed by atoms with E-state index in [0.717, 1.165) is 5.56 Å². The third-order valence-electron chi connectivity index (χ3n) is 4.24. The number of morpholine rings is 1. The largest absolute Gasteiger partial charge is 0.467 e. The Hall–Kier alpha value is -2.11. The molecular weight excluding hydrogens is 292 g/mol. The molecule has 1 aromatic carbocycles. The first-order valence-corrected chi connectivity index (χ1v) is 7.77. The number of nitrogens with two attached hydrogens (primary N) is 1. The highest BCUT2D eigenvalue weighted by molar-refractivity contribution is 5.94. The molecule has 1 aliphatic heterocycles. The quantitative estimate of drug-likeness (QED) is 0.946. The Morgan fingerprint density at radius 1 is 1.35 bits per heavy atom. The Balaban J connectivity index is 1.84. The summed E-state index contributed by atoms with van der Waals surface area (Å²) >= 11 is 0. The van der Waals surface area contributed by atoms with E-state index in [9.17, 15) is 4.79 Å². The van der Waals surface area contributed by atoms with Crippen molar-refractivity contribution in [1.82, 2.24) is 4.90 Å². The van der Waals surface area contributed by atoms with Crippen LogP contribution in [0.2, 0.25) is 0 Å². The van der Waals surface area contributed by atoms with Gasteiger partial charge in [0.25, 0.3) is 5.91 Å². The van der Waals surface area contributed by atoms with E-state index in [2.05, 4.69) is 0 Å². The van der Waals surface area contributed by atoms with Crippen LogP contribution < -0.4 is 5.73 Å². The molecule has 5 nitrogen and oxygen atoms in total.